The normalized spacial score (nSPS) is 20.6. The smallest absolute Gasteiger partial charge is 0.312 e. The van der Waals surface area contributed by atoms with Gasteiger partial charge < -0.3 is 4.74 Å². The maximum atomic E-state index is 12.6. The molecule has 1 unspecified atom stereocenters. The highest BCUT2D eigenvalue weighted by Gasteiger charge is 2.39. The average Bonchev–Trinajstić information content (AvgIpc) is 2.36. The molecule has 0 radical (unpaired) electrons. The van der Waals surface area contributed by atoms with Gasteiger partial charge in [-0.1, -0.05) is 34.1 Å². The summed E-state index contributed by atoms with van der Waals surface area (Å²) in [5.41, 5.74) is -0.318. The van der Waals surface area contributed by atoms with Crippen molar-refractivity contribution >= 4 is 5.97 Å². The fraction of sp³-hybridized carbons (Fsp3) is 0.941. The summed E-state index contributed by atoms with van der Waals surface area (Å²) in [5.74, 6) is 1.01. The molecule has 0 spiro atoms. The van der Waals surface area contributed by atoms with Crippen LogP contribution in [0.5, 0.6) is 0 Å². The summed E-state index contributed by atoms with van der Waals surface area (Å²) in [7, 11) is 0. The maximum Gasteiger partial charge on any atom is 0.312 e. The molecule has 1 fully saturated rings. The van der Waals surface area contributed by atoms with E-state index in [-0.39, 0.29) is 17.5 Å². The van der Waals surface area contributed by atoms with Gasteiger partial charge in [0.05, 0.1) is 5.41 Å². The van der Waals surface area contributed by atoms with Gasteiger partial charge in [0.15, 0.2) is 0 Å². The molecule has 0 amide bonds. The van der Waals surface area contributed by atoms with E-state index < -0.39 is 0 Å². The van der Waals surface area contributed by atoms with E-state index in [4.69, 9.17) is 4.74 Å². The standard InChI is InChI=1S/C17H32O2/c1-13(2)11-12-17(5,14(3)4)16(18)19-15-9-7-6-8-10-15/h13-15H,6-12H2,1-5H3. The average molecular weight is 268 g/mol. The zero-order valence-corrected chi connectivity index (χ0v) is 13.5. The molecule has 112 valence electrons. The first-order valence-electron chi connectivity index (χ1n) is 8.07. The van der Waals surface area contributed by atoms with Gasteiger partial charge in [0.25, 0.3) is 0 Å². The minimum Gasteiger partial charge on any atom is -0.462 e. The van der Waals surface area contributed by atoms with E-state index >= 15 is 0 Å². The number of rotatable bonds is 6. The molecule has 0 aliphatic heterocycles. The van der Waals surface area contributed by atoms with Crippen molar-refractivity contribution in [2.24, 2.45) is 17.3 Å². The summed E-state index contributed by atoms with van der Waals surface area (Å²) in [6, 6.07) is 0. The van der Waals surface area contributed by atoms with Crippen LogP contribution in [0.25, 0.3) is 0 Å². The number of esters is 1. The summed E-state index contributed by atoms with van der Waals surface area (Å²) in [6.07, 6.45) is 8.04. The highest BCUT2D eigenvalue weighted by atomic mass is 16.5. The second-order valence-corrected chi connectivity index (χ2v) is 7.17. The molecule has 0 bridgehead atoms. The fourth-order valence-electron chi connectivity index (χ4n) is 2.68. The molecule has 0 aromatic rings. The second-order valence-electron chi connectivity index (χ2n) is 7.17. The number of hydrogen-bond acceptors (Lipinski definition) is 2. The van der Waals surface area contributed by atoms with Crippen LogP contribution in [0.1, 0.15) is 79.6 Å². The van der Waals surface area contributed by atoms with E-state index in [0.29, 0.717) is 11.8 Å². The van der Waals surface area contributed by atoms with Crippen molar-refractivity contribution in [2.45, 2.75) is 85.7 Å². The zero-order valence-electron chi connectivity index (χ0n) is 13.5. The Labute approximate surface area is 119 Å². The minimum absolute atomic E-state index is 0.0371. The quantitative estimate of drug-likeness (QED) is 0.636. The van der Waals surface area contributed by atoms with E-state index in [9.17, 15) is 4.79 Å². The molecule has 2 nitrogen and oxygen atoms in total. The molecule has 2 heteroatoms. The first-order chi connectivity index (χ1) is 8.86. The van der Waals surface area contributed by atoms with Gasteiger partial charge in [-0.15, -0.1) is 0 Å². The van der Waals surface area contributed by atoms with Crippen molar-refractivity contribution in [3.63, 3.8) is 0 Å². The van der Waals surface area contributed by atoms with Gasteiger partial charge >= 0.3 is 5.97 Å². The van der Waals surface area contributed by atoms with Gasteiger partial charge in [-0.3, -0.25) is 4.79 Å². The Hall–Kier alpha value is -0.530. The molecule has 0 heterocycles. The molecule has 1 saturated carbocycles. The molecule has 0 N–H and O–H groups in total. The van der Waals surface area contributed by atoms with Crippen molar-refractivity contribution in [3.05, 3.63) is 0 Å². The van der Waals surface area contributed by atoms with Crippen molar-refractivity contribution in [1.29, 1.82) is 0 Å². The molecular formula is C17H32O2. The SMILES string of the molecule is CC(C)CCC(C)(C(=O)OC1CCCCC1)C(C)C. The van der Waals surface area contributed by atoms with Gasteiger partial charge in [0.2, 0.25) is 0 Å². The van der Waals surface area contributed by atoms with Crippen LogP contribution < -0.4 is 0 Å². The van der Waals surface area contributed by atoms with Crippen molar-refractivity contribution in [3.8, 4) is 0 Å². The monoisotopic (exact) mass is 268 g/mol. The Kier molecular flexibility index (Phi) is 6.35. The molecule has 0 saturated heterocycles. The molecule has 1 aliphatic carbocycles. The Morgan fingerprint density at radius 1 is 1.16 bits per heavy atom. The Morgan fingerprint density at radius 2 is 1.74 bits per heavy atom. The summed E-state index contributed by atoms with van der Waals surface area (Å²) < 4.78 is 5.81. The Balaban J connectivity index is 2.60. The molecule has 19 heavy (non-hydrogen) atoms. The number of carbonyl (C=O) groups excluding carboxylic acids is 1. The lowest BCUT2D eigenvalue weighted by Crippen LogP contribution is -2.38. The Morgan fingerprint density at radius 3 is 2.21 bits per heavy atom. The minimum atomic E-state index is -0.318. The molecule has 0 aromatic heterocycles. The van der Waals surface area contributed by atoms with E-state index in [2.05, 4.69) is 34.6 Å². The van der Waals surface area contributed by atoms with Crippen molar-refractivity contribution in [1.82, 2.24) is 0 Å². The van der Waals surface area contributed by atoms with Gasteiger partial charge in [0.1, 0.15) is 6.10 Å². The summed E-state index contributed by atoms with van der Waals surface area (Å²) >= 11 is 0. The number of hydrogen-bond donors (Lipinski definition) is 0. The van der Waals surface area contributed by atoms with Crippen molar-refractivity contribution in [2.75, 3.05) is 0 Å². The lowest BCUT2D eigenvalue weighted by Gasteiger charge is -2.34. The van der Waals surface area contributed by atoms with Crippen LogP contribution in [-0.4, -0.2) is 12.1 Å². The number of ether oxygens (including phenoxy) is 1. The lowest BCUT2D eigenvalue weighted by atomic mass is 9.74. The lowest BCUT2D eigenvalue weighted by molar-refractivity contribution is -0.165. The fourth-order valence-corrected chi connectivity index (χ4v) is 2.68. The largest absolute Gasteiger partial charge is 0.462 e. The third kappa shape index (κ3) is 4.81. The van der Waals surface area contributed by atoms with Crippen LogP contribution in [0.2, 0.25) is 0 Å². The van der Waals surface area contributed by atoms with Gasteiger partial charge in [-0.05, 0) is 57.3 Å². The van der Waals surface area contributed by atoms with Crippen LogP contribution in [-0.2, 0) is 9.53 Å². The van der Waals surface area contributed by atoms with E-state index in [0.717, 1.165) is 25.7 Å². The molecular weight excluding hydrogens is 236 g/mol. The zero-order chi connectivity index (χ0) is 14.5. The van der Waals surface area contributed by atoms with Crippen LogP contribution in [0.15, 0.2) is 0 Å². The van der Waals surface area contributed by atoms with E-state index in [1.165, 1.54) is 19.3 Å². The summed E-state index contributed by atoms with van der Waals surface area (Å²) in [5, 5.41) is 0. The first-order valence-corrected chi connectivity index (χ1v) is 8.07. The highest BCUT2D eigenvalue weighted by Crippen LogP contribution is 2.36. The second kappa shape index (κ2) is 7.31. The van der Waals surface area contributed by atoms with Gasteiger partial charge in [-0.25, -0.2) is 0 Å². The maximum absolute atomic E-state index is 12.6. The summed E-state index contributed by atoms with van der Waals surface area (Å²) in [4.78, 5) is 12.6. The highest BCUT2D eigenvalue weighted by molar-refractivity contribution is 5.76. The number of carbonyl (C=O) groups is 1. The van der Waals surface area contributed by atoms with Crippen LogP contribution in [0, 0.1) is 17.3 Å². The first kappa shape index (κ1) is 16.5. The predicted octanol–water partition coefficient (Wildman–Crippen LogP) is 4.96. The van der Waals surface area contributed by atoms with E-state index in [1.807, 2.05) is 0 Å². The van der Waals surface area contributed by atoms with Crippen LogP contribution >= 0.6 is 0 Å². The molecule has 0 aromatic carbocycles. The molecule has 1 atom stereocenters. The van der Waals surface area contributed by atoms with Crippen molar-refractivity contribution < 1.29 is 9.53 Å². The van der Waals surface area contributed by atoms with Gasteiger partial charge in [-0.2, -0.15) is 0 Å². The van der Waals surface area contributed by atoms with E-state index in [1.54, 1.807) is 0 Å². The predicted molar refractivity (Wildman–Crippen MR) is 80.0 cm³/mol. The van der Waals surface area contributed by atoms with Gasteiger partial charge in [0, 0.05) is 0 Å². The third-order valence-electron chi connectivity index (χ3n) is 4.81. The molecule has 1 aliphatic rings. The third-order valence-corrected chi connectivity index (χ3v) is 4.81. The summed E-state index contributed by atoms with van der Waals surface area (Å²) in [6.45, 7) is 10.8. The van der Waals surface area contributed by atoms with Crippen LogP contribution in [0.4, 0.5) is 0 Å². The Bertz CT molecular complexity index is 277. The molecule has 1 rings (SSSR count). The van der Waals surface area contributed by atoms with Crippen LogP contribution in [0.3, 0.4) is 0 Å². The topological polar surface area (TPSA) is 26.3 Å².